The first-order valence-electron chi connectivity index (χ1n) is 9.52. The normalized spacial score (nSPS) is 23.9. The van der Waals surface area contributed by atoms with Crippen LogP contribution in [0.15, 0.2) is 40.8 Å². The van der Waals surface area contributed by atoms with Crippen LogP contribution < -0.4 is 0 Å². The minimum absolute atomic E-state index is 0.301. The molecule has 0 N–H and O–H groups in total. The Labute approximate surface area is 162 Å². The third kappa shape index (κ3) is 6.07. The molecule has 1 aliphatic heterocycles. The van der Waals surface area contributed by atoms with Crippen molar-refractivity contribution >= 4 is 15.4 Å². The van der Waals surface area contributed by atoms with Crippen molar-refractivity contribution in [2.45, 2.75) is 52.4 Å². The van der Waals surface area contributed by atoms with Gasteiger partial charge in [-0.1, -0.05) is 32.1 Å². The maximum absolute atomic E-state index is 12.9. The number of hydrogen-bond acceptors (Lipinski definition) is 1. The van der Waals surface area contributed by atoms with E-state index in [1.54, 1.807) is 0 Å². The summed E-state index contributed by atoms with van der Waals surface area (Å²) in [5.74, 6) is 10.5. The van der Waals surface area contributed by atoms with E-state index in [4.69, 9.17) is 0 Å². The van der Waals surface area contributed by atoms with E-state index in [9.17, 15) is 13.0 Å². The number of unbranched alkanes of at least 4 members (excludes halogenated alkanes) is 1. The summed E-state index contributed by atoms with van der Waals surface area (Å²) in [4.78, 5) is 1.01. The van der Waals surface area contributed by atoms with Gasteiger partial charge in [0.1, 0.15) is 11.6 Å². The van der Waals surface area contributed by atoms with Crippen molar-refractivity contribution in [3.63, 3.8) is 0 Å². The fourth-order valence-corrected chi connectivity index (χ4v) is 5.22. The molecule has 0 amide bonds. The molecule has 1 aliphatic carbocycles. The molecule has 27 heavy (non-hydrogen) atoms. The lowest BCUT2D eigenvalue weighted by Crippen LogP contribution is -2.08. The van der Waals surface area contributed by atoms with Crippen molar-refractivity contribution in [1.82, 2.24) is 0 Å². The Bertz CT molecular complexity index is 883. The van der Waals surface area contributed by atoms with Gasteiger partial charge < -0.3 is 0 Å². The van der Waals surface area contributed by atoms with Crippen LogP contribution in [0.1, 0.15) is 51.5 Å². The van der Waals surface area contributed by atoms with E-state index in [0.29, 0.717) is 24.3 Å². The number of halogens is 2. The highest BCUT2D eigenvalue weighted by molar-refractivity contribution is 8.03. The second-order valence-electron chi connectivity index (χ2n) is 7.11. The maximum Gasteiger partial charge on any atom is 0.126 e. The molecule has 0 bridgehead atoms. The third-order valence-electron chi connectivity index (χ3n) is 4.92. The number of aryl methyl sites for hydroxylation is 1. The second-order valence-corrected chi connectivity index (χ2v) is 9.63. The first-order valence-corrected chi connectivity index (χ1v) is 11.4. The largest absolute Gasteiger partial charge is 0.263 e. The van der Waals surface area contributed by atoms with E-state index in [-0.39, 0.29) is 11.6 Å². The summed E-state index contributed by atoms with van der Waals surface area (Å²) in [6.45, 7) is 4.23. The summed E-state index contributed by atoms with van der Waals surface area (Å²) >= 11 is 0. The molecule has 1 aromatic carbocycles. The Morgan fingerprint density at radius 1 is 1.33 bits per heavy atom. The van der Waals surface area contributed by atoms with E-state index in [1.807, 2.05) is 19.1 Å². The molecule has 0 saturated carbocycles. The van der Waals surface area contributed by atoms with Gasteiger partial charge in [0.05, 0.1) is 0 Å². The van der Waals surface area contributed by atoms with Crippen LogP contribution in [-0.2, 0) is 15.9 Å². The monoisotopic (exact) mass is 390 g/mol. The zero-order valence-corrected chi connectivity index (χ0v) is 17.0. The predicted octanol–water partition coefficient (Wildman–Crippen LogP) is 5.66. The molecule has 0 aromatic heterocycles. The van der Waals surface area contributed by atoms with Crippen molar-refractivity contribution in [3.05, 3.63) is 58.0 Å². The fraction of sp³-hybridized carbons (Fsp3) is 0.435. The first-order chi connectivity index (χ1) is 12.8. The molecular weight excluding hydrogens is 362 g/mol. The Morgan fingerprint density at radius 3 is 2.85 bits per heavy atom. The summed E-state index contributed by atoms with van der Waals surface area (Å²) < 4.78 is 38.0. The van der Waals surface area contributed by atoms with Crippen LogP contribution in [0.5, 0.6) is 0 Å². The zero-order valence-electron chi connectivity index (χ0n) is 16.2. The SMILES string of the molecule is C=S1(=O)CCCC(C)C2=C1CC#CC=C2.CCCCc1cc(F)ccc1F. The zero-order chi connectivity index (χ0) is 19.9. The molecule has 3 rings (SSSR count). The fourth-order valence-electron chi connectivity index (χ4n) is 3.31. The highest BCUT2D eigenvalue weighted by atomic mass is 32.2. The Hall–Kier alpha value is -1.86. The van der Waals surface area contributed by atoms with Crippen molar-refractivity contribution in [3.8, 4) is 11.8 Å². The highest BCUT2D eigenvalue weighted by Crippen LogP contribution is 2.31. The lowest BCUT2D eigenvalue weighted by atomic mass is 9.95. The van der Waals surface area contributed by atoms with Crippen molar-refractivity contribution in [2.24, 2.45) is 5.92 Å². The number of rotatable bonds is 3. The van der Waals surface area contributed by atoms with E-state index in [2.05, 4.69) is 24.6 Å². The smallest absolute Gasteiger partial charge is 0.126 e. The Balaban J connectivity index is 0.000000199. The molecule has 2 aliphatic rings. The van der Waals surface area contributed by atoms with Gasteiger partial charge in [-0.05, 0) is 88.5 Å². The van der Waals surface area contributed by atoms with Crippen LogP contribution in [-0.4, -0.2) is 15.8 Å². The van der Waals surface area contributed by atoms with Gasteiger partial charge in [0.2, 0.25) is 0 Å². The molecule has 2 unspecified atom stereocenters. The van der Waals surface area contributed by atoms with E-state index in [0.717, 1.165) is 42.4 Å². The van der Waals surface area contributed by atoms with Gasteiger partial charge in [0.25, 0.3) is 0 Å². The summed E-state index contributed by atoms with van der Waals surface area (Å²) in [6.07, 6.45) is 9.19. The molecule has 146 valence electrons. The lowest BCUT2D eigenvalue weighted by molar-refractivity contribution is 0.580. The minimum Gasteiger partial charge on any atom is -0.263 e. The summed E-state index contributed by atoms with van der Waals surface area (Å²) in [6, 6.07) is 3.59. The van der Waals surface area contributed by atoms with Crippen LogP contribution in [0.25, 0.3) is 0 Å². The molecule has 0 saturated heterocycles. The molecule has 0 radical (unpaired) electrons. The van der Waals surface area contributed by atoms with Crippen LogP contribution >= 0.6 is 0 Å². The first kappa shape index (κ1) is 21.4. The number of allylic oxidation sites excluding steroid dienone is 4. The summed E-state index contributed by atoms with van der Waals surface area (Å²) in [5, 5.41) is 0. The van der Waals surface area contributed by atoms with Gasteiger partial charge in [0, 0.05) is 17.1 Å². The van der Waals surface area contributed by atoms with Crippen molar-refractivity contribution in [1.29, 1.82) is 0 Å². The van der Waals surface area contributed by atoms with Gasteiger partial charge in [0.15, 0.2) is 0 Å². The molecule has 1 heterocycles. The Morgan fingerprint density at radius 2 is 2.11 bits per heavy atom. The molecule has 0 fully saturated rings. The van der Waals surface area contributed by atoms with Crippen molar-refractivity contribution in [2.75, 3.05) is 5.75 Å². The van der Waals surface area contributed by atoms with Crippen LogP contribution in [0.3, 0.4) is 0 Å². The molecular formula is C23H28F2OS. The average molecular weight is 391 g/mol. The summed E-state index contributed by atoms with van der Waals surface area (Å²) in [7, 11) is -2.05. The molecule has 1 aromatic rings. The van der Waals surface area contributed by atoms with E-state index in [1.165, 1.54) is 17.7 Å². The maximum atomic E-state index is 12.9. The van der Waals surface area contributed by atoms with Gasteiger partial charge >= 0.3 is 0 Å². The van der Waals surface area contributed by atoms with Crippen molar-refractivity contribution < 1.29 is 13.0 Å². The predicted molar refractivity (Wildman–Crippen MR) is 112 cm³/mol. The lowest BCUT2D eigenvalue weighted by Gasteiger charge is -2.14. The number of hydrogen-bond donors (Lipinski definition) is 0. The van der Waals surface area contributed by atoms with Crippen LogP contribution in [0, 0.1) is 29.4 Å². The number of benzene rings is 1. The highest BCUT2D eigenvalue weighted by Gasteiger charge is 2.23. The summed E-state index contributed by atoms with van der Waals surface area (Å²) in [5.41, 5.74) is 1.70. The average Bonchev–Trinajstić information content (AvgIpc) is 2.94. The second kappa shape index (κ2) is 9.90. The molecule has 4 heteroatoms. The standard InChI is InChI=1S/C13H16OS.C10H12F2/c1-11-7-6-10-15(2,14)13-9-5-3-4-8-12(11)13;1-2-3-4-8-7-9(11)5-6-10(8)12/h4,8,11H,2,6-7,9-10H2,1H3;5-7H,2-4H2,1H3. The van der Waals surface area contributed by atoms with Gasteiger partial charge in [-0.15, -0.1) is 0 Å². The molecule has 1 nitrogen and oxygen atoms in total. The molecule has 2 atom stereocenters. The van der Waals surface area contributed by atoms with Gasteiger partial charge in [-0.25, -0.2) is 8.78 Å². The van der Waals surface area contributed by atoms with Gasteiger partial charge in [-0.3, -0.25) is 4.21 Å². The van der Waals surface area contributed by atoms with Crippen LogP contribution in [0.4, 0.5) is 8.78 Å². The quantitative estimate of drug-likeness (QED) is 0.481. The van der Waals surface area contributed by atoms with E-state index >= 15 is 0 Å². The topological polar surface area (TPSA) is 17.1 Å². The van der Waals surface area contributed by atoms with Gasteiger partial charge in [-0.2, -0.15) is 0 Å². The van der Waals surface area contributed by atoms with E-state index < -0.39 is 9.52 Å². The van der Waals surface area contributed by atoms with Crippen LogP contribution in [0.2, 0.25) is 0 Å². The minimum atomic E-state index is -2.05. The molecule has 0 spiro atoms. The third-order valence-corrected chi connectivity index (χ3v) is 7.14. The Kier molecular flexibility index (Phi) is 7.86.